The summed E-state index contributed by atoms with van der Waals surface area (Å²) >= 11 is 1.63. The van der Waals surface area contributed by atoms with E-state index in [1.807, 2.05) is 0 Å². The Bertz CT molecular complexity index is 467. The van der Waals surface area contributed by atoms with Crippen LogP contribution in [0.5, 0.6) is 0 Å². The topological polar surface area (TPSA) is 57.3 Å². The van der Waals surface area contributed by atoms with Gasteiger partial charge in [0.05, 0.1) is 11.6 Å². The first-order valence-electron chi connectivity index (χ1n) is 6.91. The number of anilines is 1. The second kappa shape index (κ2) is 5.56. The molecule has 0 aliphatic carbocycles. The van der Waals surface area contributed by atoms with Gasteiger partial charge in [0.25, 0.3) is 0 Å². The lowest BCUT2D eigenvalue weighted by Gasteiger charge is -2.21. The van der Waals surface area contributed by atoms with Gasteiger partial charge in [-0.15, -0.1) is 11.3 Å². The quantitative estimate of drug-likeness (QED) is 0.851. The van der Waals surface area contributed by atoms with Gasteiger partial charge in [-0.1, -0.05) is 0 Å². The van der Waals surface area contributed by atoms with E-state index in [0.29, 0.717) is 0 Å². The number of thiazole rings is 1. The predicted molar refractivity (Wildman–Crippen MR) is 76.4 cm³/mol. The average Bonchev–Trinajstić information content (AvgIpc) is 2.81. The van der Waals surface area contributed by atoms with Crippen molar-refractivity contribution < 1.29 is 4.79 Å². The number of fused-ring (bicyclic) bond motifs is 1. The molecule has 1 aromatic heterocycles. The molecule has 3 rings (SSSR count). The summed E-state index contributed by atoms with van der Waals surface area (Å²) in [6, 6.07) is 0. The molecule has 2 N–H and O–H groups in total. The molecule has 1 saturated heterocycles. The SMILES string of the molecule is CN1CCc2nc(NC(=O)C3CCCNC3)sc2C1. The Labute approximate surface area is 117 Å². The number of carbonyl (C=O) groups is 1. The van der Waals surface area contributed by atoms with Crippen LogP contribution in [0.3, 0.4) is 0 Å². The third-order valence-corrected chi connectivity index (χ3v) is 4.82. The van der Waals surface area contributed by atoms with E-state index in [2.05, 4.69) is 27.6 Å². The standard InChI is InChI=1S/C13H20N4OS/c1-17-6-4-10-11(8-17)19-13(15-10)16-12(18)9-3-2-5-14-7-9/h9,14H,2-8H2,1H3,(H,15,16,18). The second-order valence-corrected chi connectivity index (χ2v) is 6.49. The van der Waals surface area contributed by atoms with Crippen LogP contribution >= 0.6 is 11.3 Å². The molecule has 3 heterocycles. The van der Waals surface area contributed by atoms with E-state index in [-0.39, 0.29) is 11.8 Å². The molecule has 0 spiro atoms. The Morgan fingerprint density at radius 1 is 1.58 bits per heavy atom. The molecule has 0 bridgehead atoms. The molecule has 5 nitrogen and oxygen atoms in total. The minimum atomic E-state index is 0.0948. The first-order valence-corrected chi connectivity index (χ1v) is 7.73. The number of hydrogen-bond donors (Lipinski definition) is 2. The van der Waals surface area contributed by atoms with E-state index in [0.717, 1.165) is 50.6 Å². The molecule has 0 radical (unpaired) electrons. The lowest BCUT2D eigenvalue weighted by molar-refractivity contribution is -0.120. The molecule has 2 aliphatic heterocycles. The Balaban J connectivity index is 1.65. The highest BCUT2D eigenvalue weighted by Crippen LogP contribution is 2.28. The molecule has 1 fully saturated rings. The Morgan fingerprint density at radius 3 is 3.26 bits per heavy atom. The minimum Gasteiger partial charge on any atom is -0.316 e. The third kappa shape index (κ3) is 2.96. The number of nitrogens with zero attached hydrogens (tertiary/aromatic N) is 2. The highest BCUT2D eigenvalue weighted by Gasteiger charge is 2.23. The van der Waals surface area contributed by atoms with Crippen LogP contribution in [0.4, 0.5) is 5.13 Å². The zero-order valence-electron chi connectivity index (χ0n) is 11.2. The number of likely N-dealkylation sites (N-methyl/N-ethyl adjacent to an activating group) is 1. The van der Waals surface area contributed by atoms with Gasteiger partial charge in [-0.25, -0.2) is 4.98 Å². The van der Waals surface area contributed by atoms with Crippen LogP contribution in [-0.4, -0.2) is 42.5 Å². The summed E-state index contributed by atoms with van der Waals surface area (Å²) in [4.78, 5) is 20.3. The average molecular weight is 280 g/mol. The van der Waals surface area contributed by atoms with Crippen LogP contribution in [0.25, 0.3) is 0 Å². The summed E-state index contributed by atoms with van der Waals surface area (Å²) < 4.78 is 0. The van der Waals surface area contributed by atoms with Crippen molar-refractivity contribution in [1.82, 2.24) is 15.2 Å². The van der Waals surface area contributed by atoms with E-state index in [1.165, 1.54) is 10.6 Å². The highest BCUT2D eigenvalue weighted by atomic mass is 32.1. The van der Waals surface area contributed by atoms with Crippen molar-refractivity contribution in [3.63, 3.8) is 0 Å². The number of rotatable bonds is 2. The fraction of sp³-hybridized carbons (Fsp3) is 0.692. The highest BCUT2D eigenvalue weighted by molar-refractivity contribution is 7.15. The van der Waals surface area contributed by atoms with E-state index >= 15 is 0 Å². The number of piperidine rings is 1. The molecule has 0 aromatic carbocycles. The largest absolute Gasteiger partial charge is 0.316 e. The normalized spacial score (nSPS) is 23.9. The predicted octanol–water partition coefficient (Wildman–Crippen LogP) is 1.07. The van der Waals surface area contributed by atoms with Gasteiger partial charge in [0.2, 0.25) is 5.91 Å². The van der Waals surface area contributed by atoms with E-state index < -0.39 is 0 Å². The zero-order valence-corrected chi connectivity index (χ0v) is 12.1. The van der Waals surface area contributed by atoms with Gasteiger partial charge in [0.15, 0.2) is 5.13 Å². The van der Waals surface area contributed by atoms with Gasteiger partial charge in [-0.2, -0.15) is 0 Å². The number of nitrogens with one attached hydrogen (secondary N) is 2. The second-order valence-electron chi connectivity index (χ2n) is 5.41. The molecule has 104 valence electrons. The molecule has 1 amide bonds. The summed E-state index contributed by atoms with van der Waals surface area (Å²) in [5.41, 5.74) is 1.17. The molecule has 0 saturated carbocycles. The molecule has 1 aromatic rings. The summed E-state index contributed by atoms with van der Waals surface area (Å²) in [6.45, 7) is 3.83. The van der Waals surface area contributed by atoms with E-state index in [9.17, 15) is 4.79 Å². The fourth-order valence-corrected chi connectivity index (χ4v) is 3.75. The Hall–Kier alpha value is -0.980. The van der Waals surface area contributed by atoms with Crippen LogP contribution < -0.4 is 10.6 Å². The summed E-state index contributed by atoms with van der Waals surface area (Å²) in [6.07, 6.45) is 3.05. The minimum absolute atomic E-state index is 0.0948. The number of hydrogen-bond acceptors (Lipinski definition) is 5. The van der Waals surface area contributed by atoms with Crippen LogP contribution in [0.2, 0.25) is 0 Å². The van der Waals surface area contributed by atoms with Crippen molar-refractivity contribution in [2.75, 3.05) is 32.0 Å². The molecule has 2 aliphatic rings. The molecule has 6 heteroatoms. The van der Waals surface area contributed by atoms with Crippen molar-refractivity contribution in [2.24, 2.45) is 5.92 Å². The lowest BCUT2D eigenvalue weighted by atomic mass is 9.99. The van der Waals surface area contributed by atoms with Gasteiger partial charge in [-0.05, 0) is 26.4 Å². The van der Waals surface area contributed by atoms with Crippen molar-refractivity contribution in [3.05, 3.63) is 10.6 Å². The molecule has 19 heavy (non-hydrogen) atoms. The van der Waals surface area contributed by atoms with Crippen molar-refractivity contribution in [1.29, 1.82) is 0 Å². The zero-order chi connectivity index (χ0) is 13.2. The van der Waals surface area contributed by atoms with Crippen molar-refractivity contribution >= 4 is 22.4 Å². The molecular formula is C13H20N4OS. The third-order valence-electron chi connectivity index (χ3n) is 3.82. The number of amides is 1. The first-order chi connectivity index (χ1) is 9.22. The molecule has 1 atom stereocenters. The van der Waals surface area contributed by atoms with Crippen molar-refractivity contribution in [2.45, 2.75) is 25.8 Å². The first kappa shape index (κ1) is 13.0. The van der Waals surface area contributed by atoms with Crippen LogP contribution in [0.15, 0.2) is 0 Å². The van der Waals surface area contributed by atoms with Gasteiger partial charge in [0, 0.05) is 30.9 Å². The molecule has 1 unspecified atom stereocenters. The van der Waals surface area contributed by atoms with Gasteiger partial charge in [0.1, 0.15) is 0 Å². The van der Waals surface area contributed by atoms with E-state index in [1.54, 1.807) is 11.3 Å². The van der Waals surface area contributed by atoms with E-state index in [4.69, 9.17) is 0 Å². The van der Waals surface area contributed by atoms with Gasteiger partial charge < -0.3 is 15.5 Å². The Kier molecular flexibility index (Phi) is 3.81. The van der Waals surface area contributed by atoms with Crippen LogP contribution in [-0.2, 0) is 17.8 Å². The smallest absolute Gasteiger partial charge is 0.230 e. The molecular weight excluding hydrogens is 260 g/mol. The Morgan fingerprint density at radius 2 is 2.47 bits per heavy atom. The summed E-state index contributed by atoms with van der Waals surface area (Å²) in [5, 5.41) is 7.04. The maximum atomic E-state index is 12.1. The summed E-state index contributed by atoms with van der Waals surface area (Å²) in [7, 11) is 2.12. The lowest BCUT2D eigenvalue weighted by Crippen LogP contribution is -2.37. The van der Waals surface area contributed by atoms with Crippen LogP contribution in [0, 0.1) is 5.92 Å². The van der Waals surface area contributed by atoms with Crippen LogP contribution in [0.1, 0.15) is 23.4 Å². The fourth-order valence-electron chi connectivity index (χ4n) is 2.66. The maximum Gasteiger partial charge on any atom is 0.230 e. The monoisotopic (exact) mass is 280 g/mol. The number of aromatic nitrogens is 1. The summed E-state index contributed by atoms with van der Waals surface area (Å²) in [5.74, 6) is 0.212. The number of carbonyl (C=O) groups excluding carboxylic acids is 1. The van der Waals surface area contributed by atoms with Gasteiger partial charge >= 0.3 is 0 Å². The van der Waals surface area contributed by atoms with Gasteiger partial charge in [-0.3, -0.25) is 4.79 Å². The van der Waals surface area contributed by atoms with Crippen molar-refractivity contribution in [3.8, 4) is 0 Å². The maximum absolute atomic E-state index is 12.1.